The van der Waals surface area contributed by atoms with Gasteiger partial charge in [-0.1, -0.05) is 32.4 Å². The van der Waals surface area contributed by atoms with Gasteiger partial charge in [0.15, 0.2) is 0 Å². The van der Waals surface area contributed by atoms with E-state index in [9.17, 15) is 4.79 Å². The van der Waals surface area contributed by atoms with E-state index in [1.54, 1.807) is 23.5 Å². The quantitative estimate of drug-likeness (QED) is 0.710. The van der Waals surface area contributed by atoms with Crippen molar-refractivity contribution in [3.63, 3.8) is 0 Å². The molecule has 0 aliphatic rings. The van der Waals surface area contributed by atoms with E-state index in [0.29, 0.717) is 9.21 Å². The van der Waals surface area contributed by atoms with Crippen molar-refractivity contribution in [2.45, 2.75) is 26.2 Å². The average Bonchev–Trinajstić information content (AvgIpc) is 2.83. The second-order valence-electron chi connectivity index (χ2n) is 4.85. The summed E-state index contributed by atoms with van der Waals surface area (Å²) in [5.74, 6) is 0.0717. The van der Waals surface area contributed by atoms with E-state index in [0.717, 1.165) is 4.88 Å². The average molecular weight is 285 g/mol. The molecule has 17 heavy (non-hydrogen) atoms. The zero-order valence-electron chi connectivity index (χ0n) is 9.91. The van der Waals surface area contributed by atoms with Crippen molar-refractivity contribution in [3.05, 3.63) is 43.2 Å². The third-order valence-electron chi connectivity index (χ3n) is 2.37. The van der Waals surface area contributed by atoms with Crippen LogP contribution in [0.5, 0.6) is 0 Å². The highest BCUT2D eigenvalue weighted by atomic mass is 35.5. The van der Waals surface area contributed by atoms with Crippen LogP contribution in [0.4, 0.5) is 0 Å². The van der Waals surface area contributed by atoms with Crippen molar-refractivity contribution in [1.82, 2.24) is 0 Å². The van der Waals surface area contributed by atoms with Gasteiger partial charge in [0.1, 0.15) is 0 Å². The molecule has 1 nitrogen and oxygen atoms in total. The molecule has 2 aromatic rings. The number of halogens is 1. The fourth-order valence-corrected chi connectivity index (χ4v) is 3.50. The molecular formula is C13H13ClOS2. The topological polar surface area (TPSA) is 17.1 Å². The van der Waals surface area contributed by atoms with Gasteiger partial charge < -0.3 is 0 Å². The molecule has 0 spiro atoms. The maximum absolute atomic E-state index is 12.2. The molecule has 0 amide bonds. The van der Waals surface area contributed by atoms with E-state index in [1.165, 1.54) is 16.2 Å². The summed E-state index contributed by atoms with van der Waals surface area (Å²) in [6.07, 6.45) is 0. The third-order valence-corrected chi connectivity index (χ3v) is 5.11. The normalized spacial score (nSPS) is 11.8. The minimum absolute atomic E-state index is 0.0717. The summed E-state index contributed by atoms with van der Waals surface area (Å²) in [6.45, 7) is 6.44. The van der Waals surface area contributed by atoms with Crippen LogP contribution in [-0.4, -0.2) is 5.78 Å². The van der Waals surface area contributed by atoms with E-state index >= 15 is 0 Å². The van der Waals surface area contributed by atoms with Gasteiger partial charge in [0.25, 0.3) is 0 Å². The minimum Gasteiger partial charge on any atom is -0.287 e. The summed E-state index contributed by atoms with van der Waals surface area (Å²) in [6, 6.07) is 7.48. The maximum atomic E-state index is 12.2. The molecule has 0 saturated heterocycles. The highest BCUT2D eigenvalue weighted by molar-refractivity contribution is 7.20. The van der Waals surface area contributed by atoms with Gasteiger partial charge in [-0.2, -0.15) is 0 Å². The van der Waals surface area contributed by atoms with Crippen LogP contribution in [0, 0.1) is 0 Å². The van der Waals surface area contributed by atoms with Crippen molar-refractivity contribution in [2.75, 3.05) is 0 Å². The van der Waals surface area contributed by atoms with Gasteiger partial charge in [0.05, 0.1) is 14.1 Å². The van der Waals surface area contributed by atoms with Crippen LogP contribution < -0.4 is 0 Å². The molecule has 0 unspecified atom stereocenters. The molecular weight excluding hydrogens is 272 g/mol. The van der Waals surface area contributed by atoms with Gasteiger partial charge in [-0.05, 0) is 29.7 Å². The zero-order chi connectivity index (χ0) is 12.6. The number of thiophene rings is 2. The van der Waals surface area contributed by atoms with Gasteiger partial charge in [-0.25, -0.2) is 0 Å². The second-order valence-corrected chi connectivity index (χ2v) is 7.65. The van der Waals surface area contributed by atoms with Crippen LogP contribution in [0.3, 0.4) is 0 Å². The molecule has 0 fully saturated rings. The lowest BCUT2D eigenvalue weighted by Crippen LogP contribution is -2.07. The molecule has 0 saturated carbocycles. The van der Waals surface area contributed by atoms with E-state index in [-0.39, 0.29) is 11.2 Å². The predicted octanol–water partition coefficient (Wildman–Crippen LogP) is 4.99. The number of hydrogen-bond donors (Lipinski definition) is 0. The van der Waals surface area contributed by atoms with E-state index < -0.39 is 0 Å². The Morgan fingerprint density at radius 2 is 1.65 bits per heavy atom. The lowest BCUT2D eigenvalue weighted by atomic mass is 9.95. The Labute approximate surface area is 114 Å². The molecule has 2 heterocycles. The first-order valence-electron chi connectivity index (χ1n) is 5.28. The van der Waals surface area contributed by atoms with Gasteiger partial charge in [-0.15, -0.1) is 22.7 Å². The van der Waals surface area contributed by atoms with Crippen molar-refractivity contribution in [1.29, 1.82) is 0 Å². The molecule has 0 aromatic carbocycles. The summed E-state index contributed by atoms with van der Waals surface area (Å²) < 4.78 is 0.654. The van der Waals surface area contributed by atoms with Crippen molar-refractivity contribution in [3.8, 4) is 0 Å². The van der Waals surface area contributed by atoms with Crippen LogP contribution in [-0.2, 0) is 5.41 Å². The third kappa shape index (κ3) is 2.79. The Hall–Kier alpha value is -0.640. The maximum Gasteiger partial charge on any atom is 0.212 e. The lowest BCUT2D eigenvalue weighted by molar-refractivity contribution is 0.104. The number of carbonyl (C=O) groups is 1. The fourth-order valence-electron chi connectivity index (χ4n) is 1.42. The number of ketones is 1. The Balaban J connectivity index is 2.30. The van der Waals surface area contributed by atoms with Gasteiger partial charge in [0, 0.05) is 4.88 Å². The van der Waals surface area contributed by atoms with Crippen LogP contribution in [0.25, 0.3) is 0 Å². The molecule has 2 aromatic heterocycles. The smallest absolute Gasteiger partial charge is 0.212 e. The summed E-state index contributed by atoms with van der Waals surface area (Å²) >= 11 is 8.74. The molecule has 0 bridgehead atoms. The second kappa shape index (κ2) is 4.56. The first-order chi connectivity index (χ1) is 7.88. The van der Waals surface area contributed by atoms with E-state index in [4.69, 9.17) is 11.6 Å². The zero-order valence-corrected chi connectivity index (χ0v) is 12.3. The fraction of sp³-hybridized carbons (Fsp3) is 0.308. The summed E-state index contributed by atoms with van der Waals surface area (Å²) in [4.78, 5) is 14.9. The Morgan fingerprint density at radius 1 is 1.06 bits per heavy atom. The molecule has 0 N–H and O–H groups in total. The van der Waals surface area contributed by atoms with Crippen LogP contribution in [0.15, 0.2) is 24.3 Å². The standard InChI is InChI=1S/C13H13ClOS2/c1-13(2,3)10-6-4-8(16-10)12(15)9-5-7-11(14)17-9/h4-7H,1-3H3. The van der Waals surface area contributed by atoms with Crippen LogP contribution >= 0.6 is 34.3 Å². The minimum atomic E-state index is 0.0717. The first kappa shape index (κ1) is 12.8. The Morgan fingerprint density at radius 3 is 2.12 bits per heavy atom. The monoisotopic (exact) mass is 284 g/mol. The highest BCUT2D eigenvalue weighted by Gasteiger charge is 2.19. The van der Waals surface area contributed by atoms with Gasteiger partial charge in [0.2, 0.25) is 5.78 Å². The first-order valence-corrected chi connectivity index (χ1v) is 7.29. The van der Waals surface area contributed by atoms with E-state index in [2.05, 4.69) is 20.8 Å². The summed E-state index contributed by atoms with van der Waals surface area (Å²) in [7, 11) is 0. The van der Waals surface area contributed by atoms with Crippen LogP contribution in [0.1, 0.15) is 40.2 Å². The number of hydrogen-bond acceptors (Lipinski definition) is 3. The van der Waals surface area contributed by atoms with Crippen molar-refractivity contribution in [2.24, 2.45) is 0 Å². The molecule has 0 aliphatic heterocycles. The Bertz CT molecular complexity index is 546. The lowest BCUT2D eigenvalue weighted by Gasteiger charge is -2.15. The molecule has 0 aliphatic carbocycles. The largest absolute Gasteiger partial charge is 0.287 e. The predicted molar refractivity (Wildman–Crippen MR) is 75.8 cm³/mol. The Kier molecular flexibility index (Phi) is 3.43. The molecule has 2 rings (SSSR count). The van der Waals surface area contributed by atoms with Crippen LogP contribution in [0.2, 0.25) is 4.34 Å². The molecule has 4 heteroatoms. The van der Waals surface area contributed by atoms with Crippen molar-refractivity contribution < 1.29 is 4.79 Å². The molecule has 0 atom stereocenters. The summed E-state index contributed by atoms with van der Waals surface area (Å²) in [5, 5.41) is 0. The van der Waals surface area contributed by atoms with E-state index in [1.807, 2.05) is 12.1 Å². The molecule has 90 valence electrons. The highest BCUT2D eigenvalue weighted by Crippen LogP contribution is 2.32. The van der Waals surface area contributed by atoms with Crippen molar-refractivity contribution >= 4 is 40.1 Å². The molecule has 0 radical (unpaired) electrons. The number of rotatable bonds is 2. The van der Waals surface area contributed by atoms with Gasteiger partial charge in [-0.3, -0.25) is 4.79 Å². The summed E-state index contributed by atoms with van der Waals surface area (Å²) in [5.41, 5.74) is 0.0935. The number of carbonyl (C=O) groups excluding carboxylic acids is 1. The SMILES string of the molecule is CC(C)(C)c1ccc(C(=O)c2ccc(Cl)s2)s1. The van der Waals surface area contributed by atoms with Gasteiger partial charge >= 0.3 is 0 Å².